The smallest absolute Gasteiger partial charge is 0.186 e. The molecule has 0 atom stereocenters. The standard InChI is InChI=1S/C8H10N2O2S.C4H2BrNOS.C4H9NO/c11-5-7-6-13-8(9-7)10-1-3-12-4-2-10;5-4-6-3(1-7)2-8-4;1-3-6-4-2-5-1/h5-6H,1-4H2;1-2H;5H,1-4H2. The SMILES string of the molecule is C1COCCN1.O=Cc1csc(Br)n1.O=Cc1csc(N2CCOCC2)n1. The van der Waals surface area contributed by atoms with Crippen molar-refractivity contribution in [2.75, 3.05) is 57.5 Å². The number of aromatic nitrogens is 2. The van der Waals surface area contributed by atoms with Crippen molar-refractivity contribution < 1.29 is 19.1 Å². The molecule has 27 heavy (non-hydrogen) atoms. The van der Waals surface area contributed by atoms with Gasteiger partial charge in [0.1, 0.15) is 11.4 Å². The molecule has 0 saturated carbocycles. The Kier molecular flexibility index (Phi) is 10.6. The number of carbonyl (C=O) groups is 2. The second kappa shape index (κ2) is 13.0. The van der Waals surface area contributed by atoms with Crippen LogP contribution < -0.4 is 10.2 Å². The highest BCUT2D eigenvalue weighted by Crippen LogP contribution is 2.20. The summed E-state index contributed by atoms with van der Waals surface area (Å²) in [7, 11) is 0. The molecule has 2 saturated heterocycles. The van der Waals surface area contributed by atoms with Crippen LogP contribution in [0, 0.1) is 0 Å². The quantitative estimate of drug-likeness (QED) is 0.673. The molecule has 0 aliphatic carbocycles. The van der Waals surface area contributed by atoms with Gasteiger partial charge in [-0.15, -0.1) is 22.7 Å². The number of nitrogens with one attached hydrogen (secondary N) is 1. The first-order valence-corrected chi connectivity index (χ1v) is 10.9. The number of hydrogen-bond donors (Lipinski definition) is 1. The minimum absolute atomic E-state index is 0.488. The molecule has 1 N–H and O–H groups in total. The summed E-state index contributed by atoms with van der Waals surface area (Å²) in [5.74, 6) is 0. The van der Waals surface area contributed by atoms with Gasteiger partial charge in [0.05, 0.1) is 26.4 Å². The Bertz CT molecular complexity index is 676. The molecule has 2 aromatic rings. The highest BCUT2D eigenvalue weighted by Gasteiger charge is 2.14. The second-order valence-electron chi connectivity index (χ2n) is 5.28. The van der Waals surface area contributed by atoms with E-state index in [1.807, 2.05) is 0 Å². The van der Waals surface area contributed by atoms with Crippen LogP contribution in [0.1, 0.15) is 21.0 Å². The summed E-state index contributed by atoms with van der Waals surface area (Å²) in [6.07, 6.45) is 1.50. The topological polar surface area (TPSA) is 93.6 Å². The van der Waals surface area contributed by atoms with E-state index in [1.165, 1.54) is 22.7 Å². The van der Waals surface area contributed by atoms with E-state index in [2.05, 4.69) is 36.1 Å². The highest BCUT2D eigenvalue weighted by molar-refractivity contribution is 9.11. The lowest BCUT2D eigenvalue weighted by molar-refractivity contribution is 0.109. The first kappa shape index (κ1) is 22.1. The van der Waals surface area contributed by atoms with Gasteiger partial charge in [0.25, 0.3) is 0 Å². The number of anilines is 1. The number of aldehydes is 2. The molecule has 4 rings (SSSR count). The molecule has 2 aromatic heterocycles. The number of hydrogen-bond acceptors (Lipinski definition) is 10. The largest absolute Gasteiger partial charge is 0.379 e. The molecule has 2 aliphatic heterocycles. The molecule has 0 aromatic carbocycles. The third-order valence-corrected chi connectivity index (χ3v) is 5.68. The van der Waals surface area contributed by atoms with Crippen molar-refractivity contribution in [2.45, 2.75) is 0 Å². The van der Waals surface area contributed by atoms with Crippen molar-refractivity contribution in [1.29, 1.82) is 0 Å². The van der Waals surface area contributed by atoms with Crippen LogP contribution in [0.2, 0.25) is 0 Å². The van der Waals surface area contributed by atoms with Gasteiger partial charge in [0, 0.05) is 36.9 Å². The molecule has 0 amide bonds. The lowest BCUT2D eigenvalue weighted by Gasteiger charge is -2.25. The first-order valence-electron chi connectivity index (χ1n) is 8.31. The van der Waals surface area contributed by atoms with E-state index in [0.29, 0.717) is 11.4 Å². The maximum atomic E-state index is 10.4. The molecule has 0 radical (unpaired) electrons. The Morgan fingerprint density at radius 1 is 0.963 bits per heavy atom. The van der Waals surface area contributed by atoms with E-state index in [9.17, 15) is 9.59 Å². The maximum Gasteiger partial charge on any atom is 0.186 e. The van der Waals surface area contributed by atoms with Gasteiger partial charge < -0.3 is 19.7 Å². The molecule has 0 spiro atoms. The maximum absolute atomic E-state index is 10.4. The molecular formula is C16H21BrN4O4S2. The van der Waals surface area contributed by atoms with Crippen LogP contribution >= 0.6 is 38.6 Å². The van der Waals surface area contributed by atoms with Gasteiger partial charge in [-0.2, -0.15) is 0 Å². The van der Waals surface area contributed by atoms with Crippen molar-refractivity contribution in [3.05, 3.63) is 26.1 Å². The number of thiazole rings is 2. The lowest BCUT2D eigenvalue weighted by atomic mass is 10.5. The number of ether oxygens (including phenoxy) is 2. The van der Waals surface area contributed by atoms with Crippen molar-refractivity contribution in [1.82, 2.24) is 15.3 Å². The fourth-order valence-electron chi connectivity index (χ4n) is 2.06. The van der Waals surface area contributed by atoms with Crippen LogP contribution in [0.4, 0.5) is 5.13 Å². The van der Waals surface area contributed by atoms with E-state index in [4.69, 9.17) is 9.47 Å². The molecule has 0 bridgehead atoms. The monoisotopic (exact) mass is 476 g/mol. The zero-order valence-electron chi connectivity index (χ0n) is 14.6. The lowest BCUT2D eigenvalue weighted by Crippen LogP contribution is -2.36. The Morgan fingerprint density at radius 2 is 1.56 bits per heavy atom. The minimum Gasteiger partial charge on any atom is -0.379 e. The van der Waals surface area contributed by atoms with Gasteiger partial charge in [0.15, 0.2) is 21.6 Å². The summed E-state index contributed by atoms with van der Waals surface area (Å²) >= 11 is 6.03. The van der Waals surface area contributed by atoms with E-state index in [0.717, 1.165) is 74.2 Å². The summed E-state index contributed by atoms with van der Waals surface area (Å²) in [6.45, 7) is 7.06. The van der Waals surface area contributed by atoms with Crippen molar-refractivity contribution >= 4 is 56.3 Å². The third-order valence-electron chi connectivity index (χ3n) is 3.37. The van der Waals surface area contributed by atoms with E-state index < -0.39 is 0 Å². The number of nitrogens with zero attached hydrogens (tertiary/aromatic N) is 3. The molecule has 11 heteroatoms. The summed E-state index contributed by atoms with van der Waals surface area (Å²) < 4.78 is 11.0. The fraction of sp³-hybridized carbons (Fsp3) is 0.500. The van der Waals surface area contributed by atoms with Gasteiger partial charge in [-0.3, -0.25) is 9.59 Å². The summed E-state index contributed by atoms with van der Waals surface area (Å²) in [5.41, 5.74) is 1.01. The molecule has 8 nitrogen and oxygen atoms in total. The van der Waals surface area contributed by atoms with Crippen LogP contribution in [-0.2, 0) is 9.47 Å². The molecule has 148 valence electrons. The first-order chi connectivity index (χ1) is 13.2. The van der Waals surface area contributed by atoms with Gasteiger partial charge in [0.2, 0.25) is 0 Å². The number of morpholine rings is 2. The van der Waals surface area contributed by atoms with Crippen LogP contribution in [0.5, 0.6) is 0 Å². The summed E-state index contributed by atoms with van der Waals surface area (Å²) in [5, 5.41) is 7.55. The Hall–Kier alpha value is -1.24. The second-order valence-corrected chi connectivity index (χ2v) is 8.25. The highest BCUT2D eigenvalue weighted by atomic mass is 79.9. The van der Waals surface area contributed by atoms with Crippen LogP contribution in [-0.4, -0.2) is 75.1 Å². The van der Waals surface area contributed by atoms with Crippen LogP contribution in [0.3, 0.4) is 0 Å². The van der Waals surface area contributed by atoms with E-state index >= 15 is 0 Å². The predicted octanol–water partition coefficient (Wildman–Crippen LogP) is 2.12. The Labute approximate surface area is 174 Å². The van der Waals surface area contributed by atoms with Gasteiger partial charge >= 0.3 is 0 Å². The normalized spacial score (nSPS) is 16.4. The number of carbonyl (C=O) groups excluding carboxylic acids is 2. The number of rotatable bonds is 3. The zero-order chi connectivity index (χ0) is 19.3. The molecule has 4 heterocycles. The van der Waals surface area contributed by atoms with E-state index in [-0.39, 0.29) is 0 Å². The van der Waals surface area contributed by atoms with Crippen LogP contribution in [0.25, 0.3) is 0 Å². The van der Waals surface area contributed by atoms with Gasteiger partial charge in [-0.25, -0.2) is 9.97 Å². The molecule has 2 fully saturated rings. The van der Waals surface area contributed by atoms with Crippen molar-refractivity contribution in [2.24, 2.45) is 0 Å². The summed E-state index contributed by atoms with van der Waals surface area (Å²) in [6, 6.07) is 0. The third kappa shape index (κ3) is 8.54. The average Bonchev–Trinajstić information content (AvgIpc) is 3.40. The Morgan fingerprint density at radius 3 is 1.96 bits per heavy atom. The minimum atomic E-state index is 0.488. The van der Waals surface area contributed by atoms with E-state index in [1.54, 1.807) is 10.8 Å². The van der Waals surface area contributed by atoms with Crippen LogP contribution in [0.15, 0.2) is 14.7 Å². The fourth-order valence-corrected chi connectivity index (χ4v) is 3.86. The van der Waals surface area contributed by atoms with Crippen molar-refractivity contribution in [3.8, 4) is 0 Å². The number of halogens is 1. The molecule has 0 unspecified atom stereocenters. The molecule has 2 aliphatic rings. The molecular weight excluding hydrogens is 456 g/mol. The zero-order valence-corrected chi connectivity index (χ0v) is 17.9. The van der Waals surface area contributed by atoms with Gasteiger partial charge in [-0.05, 0) is 15.9 Å². The summed E-state index contributed by atoms with van der Waals surface area (Å²) in [4.78, 5) is 30.5. The predicted molar refractivity (Wildman–Crippen MR) is 109 cm³/mol. The Balaban J connectivity index is 0.000000159. The van der Waals surface area contributed by atoms with Crippen molar-refractivity contribution in [3.63, 3.8) is 0 Å². The average molecular weight is 477 g/mol. The van der Waals surface area contributed by atoms with Gasteiger partial charge in [-0.1, -0.05) is 0 Å².